The number of hydrogen-bond acceptors (Lipinski definition) is 2. The van der Waals surface area contributed by atoms with Gasteiger partial charge in [-0.3, -0.25) is 0 Å². The molecule has 0 aromatic heterocycles. The Balaban J connectivity index is 2.96. The Hall–Kier alpha value is -0.860. The lowest BCUT2D eigenvalue weighted by atomic mass is 9.88. The van der Waals surface area contributed by atoms with E-state index in [9.17, 15) is 0 Å². The standard InChI is InChI=1S/C14H24N2/c1-10(2)11-6-8-12(9-7-11)13(16-5)14(3,4)15/h6-10,13,16H,15H2,1-5H3. The van der Waals surface area contributed by atoms with Gasteiger partial charge in [0.15, 0.2) is 0 Å². The van der Waals surface area contributed by atoms with E-state index in [1.807, 2.05) is 20.9 Å². The third-order valence-electron chi connectivity index (χ3n) is 2.97. The van der Waals surface area contributed by atoms with Crippen molar-refractivity contribution < 1.29 is 0 Å². The van der Waals surface area contributed by atoms with Gasteiger partial charge in [0.1, 0.15) is 0 Å². The Morgan fingerprint density at radius 2 is 1.50 bits per heavy atom. The molecule has 0 fully saturated rings. The molecule has 0 saturated heterocycles. The van der Waals surface area contributed by atoms with E-state index in [1.165, 1.54) is 11.1 Å². The molecule has 1 aromatic carbocycles. The summed E-state index contributed by atoms with van der Waals surface area (Å²) in [6.07, 6.45) is 0. The molecule has 0 aliphatic rings. The molecule has 1 aromatic rings. The molecule has 0 bridgehead atoms. The molecule has 0 radical (unpaired) electrons. The highest BCUT2D eigenvalue weighted by molar-refractivity contribution is 5.28. The van der Waals surface area contributed by atoms with E-state index >= 15 is 0 Å². The number of nitrogens with one attached hydrogen (secondary N) is 1. The van der Waals surface area contributed by atoms with Gasteiger partial charge in [0.2, 0.25) is 0 Å². The summed E-state index contributed by atoms with van der Waals surface area (Å²) in [5, 5.41) is 3.28. The molecule has 0 aliphatic heterocycles. The topological polar surface area (TPSA) is 38.0 Å². The highest BCUT2D eigenvalue weighted by Crippen LogP contribution is 2.24. The maximum Gasteiger partial charge on any atom is 0.0495 e. The van der Waals surface area contributed by atoms with E-state index in [1.54, 1.807) is 0 Å². The summed E-state index contributed by atoms with van der Waals surface area (Å²) in [6.45, 7) is 8.50. The average Bonchev–Trinajstić information content (AvgIpc) is 2.17. The van der Waals surface area contributed by atoms with Crippen molar-refractivity contribution in [1.82, 2.24) is 5.32 Å². The fourth-order valence-electron chi connectivity index (χ4n) is 2.04. The minimum Gasteiger partial charge on any atom is -0.324 e. The molecule has 0 aliphatic carbocycles. The van der Waals surface area contributed by atoms with Crippen molar-refractivity contribution in [3.05, 3.63) is 35.4 Å². The SMILES string of the molecule is CNC(c1ccc(C(C)C)cc1)C(C)(C)N. The van der Waals surface area contributed by atoms with Crippen LogP contribution < -0.4 is 11.1 Å². The van der Waals surface area contributed by atoms with Gasteiger partial charge < -0.3 is 11.1 Å². The van der Waals surface area contributed by atoms with Crippen LogP contribution in [0.25, 0.3) is 0 Å². The van der Waals surface area contributed by atoms with Gasteiger partial charge in [-0.2, -0.15) is 0 Å². The smallest absolute Gasteiger partial charge is 0.0495 e. The molecule has 16 heavy (non-hydrogen) atoms. The van der Waals surface area contributed by atoms with Crippen LogP contribution in [0.3, 0.4) is 0 Å². The second-order valence-corrected chi connectivity index (χ2v) is 5.36. The van der Waals surface area contributed by atoms with Crippen molar-refractivity contribution in [3.63, 3.8) is 0 Å². The van der Waals surface area contributed by atoms with Crippen LogP contribution in [0.2, 0.25) is 0 Å². The summed E-state index contributed by atoms with van der Waals surface area (Å²) in [6, 6.07) is 8.91. The summed E-state index contributed by atoms with van der Waals surface area (Å²) in [4.78, 5) is 0. The summed E-state index contributed by atoms with van der Waals surface area (Å²) < 4.78 is 0. The molecule has 1 unspecified atom stereocenters. The van der Waals surface area contributed by atoms with Crippen molar-refractivity contribution in [3.8, 4) is 0 Å². The Labute approximate surface area is 99.2 Å². The molecule has 3 N–H and O–H groups in total. The number of benzene rings is 1. The van der Waals surface area contributed by atoms with Gasteiger partial charge in [-0.25, -0.2) is 0 Å². The van der Waals surface area contributed by atoms with Gasteiger partial charge in [-0.1, -0.05) is 38.1 Å². The van der Waals surface area contributed by atoms with Crippen LogP contribution in [-0.2, 0) is 0 Å². The van der Waals surface area contributed by atoms with Gasteiger partial charge in [0, 0.05) is 11.6 Å². The summed E-state index contributed by atoms with van der Waals surface area (Å²) >= 11 is 0. The van der Waals surface area contributed by atoms with E-state index in [0.29, 0.717) is 5.92 Å². The number of rotatable bonds is 4. The number of nitrogens with two attached hydrogens (primary N) is 1. The van der Waals surface area contributed by atoms with E-state index in [2.05, 4.69) is 43.4 Å². The van der Waals surface area contributed by atoms with Crippen LogP contribution >= 0.6 is 0 Å². The zero-order valence-corrected chi connectivity index (χ0v) is 11.0. The first-order valence-corrected chi connectivity index (χ1v) is 5.92. The largest absolute Gasteiger partial charge is 0.324 e. The molecule has 0 amide bonds. The first-order chi connectivity index (χ1) is 7.36. The molecule has 0 spiro atoms. The van der Waals surface area contributed by atoms with Crippen LogP contribution in [0.4, 0.5) is 0 Å². The van der Waals surface area contributed by atoms with Crippen LogP contribution in [0.15, 0.2) is 24.3 Å². The molecule has 2 nitrogen and oxygen atoms in total. The quantitative estimate of drug-likeness (QED) is 0.819. The van der Waals surface area contributed by atoms with Crippen LogP contribution in [0.5, 0.6) is 0 Å². The lowest BCUT2D eigenvalue weighted by Gasteiger charge is -2.30. The molecule has 1 rings (SSSR count). The van der Waals surface area contributed by atoms with Crippen molar-refractivity contribution in [1.29, 1.82) is 0 Å². The van der Waals surface area contributed by atoms with E-state index in [4.69, 9.17) is 5.73 Å². The third-order valence-corrected chi connectivity index (χ3v) is 2.97. The monoisotopic (exact) mass is 220 g/mol. The molecule has 90 valence electrons. The van der Waals surface area contributed by atoms with Gasteiger partial charge in [-0.05, 0) is 37.9 Å². The van der Waals surface area contributed by atoms with Crippen LogP contribution in [0.1, 0.15) is 50.8 Å². The molecule has 0 heterocycles. The predicted molar refractivity (Wildman–Crippen MR) is 70.6 cm³/mol. The first-order valence-electron chi connectivity index (χ1n) is 5.92. The lowest BCUT2D eigenvalue weighted by Crippen LogP contribution is -2.45. The summed E-state index contributed by atoms with van der Waals surface area (Å²) in [5.74, 6) is 0.577. The Morgan fingerprint density at radius 3 is 1.81 bits per heavy atom. The second-order valence-electron chi connectivity index (χ2n) is 5.36. The zero-order chi connectivity index (χ0) is 12.3. The normalized spacial score (nSPS) is 14.2. The fourth-order valence-corrected chi connectivity index (χ4v) is 2.04. The average molecular weight is 220 g/mol. The molecular formula is C14H24N2. The Bertz CT molecular complexity index is 320. The zero-order valence-electron chi connectivity index (χ0n) is 11.0. The lowest BCUT2D eigenvalue weighted by molar-refractivity contribution is 0.370. The van der Waals surface area contributed by atoms with Crippen molar-refractivity contribution in [2.45, 2.75) is 45.2 Å². The highest BCUT2D eigenvalue weighted by Gasteiger charge is 2.24. The minimum atomic E-state index is -0.256. The van der Waals surface area contributed by atoms with Crippen LogP contribution in [-0.4, -0.2) is 12.6 Å². The van der Waals surface area contributed by atoms with Crippen molar-refractivity contribution in [2.75, 3.05) is 7.05 Å². The van der Waals surface area contributed by atoms with E-state index in [0.717, 1.165) is 0 Å². The Kier molecular flexibility index (Phi) is 4.11. The number of hydrogen-bond donors (Lipinski definition) is 2. The molecule has 1 atom stereocenters. The maximum atomic E-state index is 6.16. The number of likely N-dealkylation sites (N-methyl/N-ethyl adjacent to an activating group) is 1. The summed E-state index contributed by atoms with van der Waals surface area (Å²) in [5.41, 5.74) is 8.52. The predicted octanol–water partition coefficient (Wildman–Crippen LogP) is 2.81. The van der Waals surface area contributed by atoms with Crippen molar-refractivity contribution in [2.24, 2.45) is 5.73 Å². The van der Waals surface area contributed by atoms with E-state index < -0.39 is 0 Å². The maximum absolute atomic E-state index is 6.16. The first kappa shape index (κ1) is 13.2. The highest BCUT2D eigenvalue weighted by atomic mass is 14.9. The van der Waals surface area contributed by atoms with E-state index in [-0.39, 0.29) is 11.6 Å². The third kappa shape index (κ3) is 3.06. The van der Waals surface area contributed by atoms with Crippen molar-refractivity contribution >= 4 is 0 Å². The van der Waals surface area contributed by atoms with Crippen LogP contribution in [0, 0.1) is 0 Å². The summed E-state index contributed by atoms with van der Waals surface area (Å²) in [7, 11) is 1.95. The molecule has 2 heteroatoms. The minimum absolute atomic E-state index is 0.189. The van der Waals surface area contributed by atoms with Gasteiger partial charge in [-0.15, -0.1) is 0 Å². The van der Waals surface area contributed by atoms with Gasteiger partial charge in [0.25, 0.3) is 0 Å². The fraction of sp³-hybridized carbons (Fsp3) is 0.571. The van der Waals surface area contributed by atoms with Gasteiger partial charge in [0.05, 0.1) is 0 Å². The molecule has 0 saturated carbocycles. The second kappa shape index (κ2) is 4.98. The van der Waals surface area contributed by atoms with Gasteiger partial charge >= 0.3 is 0 Å². The molecular weight excluding hydrogens is 196 g/mol. The Morgan fingerprint density at radius 1 is 1.06 bits per heavy atom.